The Morgan fingerprint density at radius 3 is 2.63 bits per heavy atom. The van der Waals surface area contributed by atoms with Crippen LogP contribution < -0.4 is 0 Å². The van der Waals surface area contributed by atoms with E-state index in [1.165, 1.54) is 24.1 Å². The van der Waals surface area contributed by atoms with Crippen molar-refractivity contribution in [3.63, 3.8) is 0 Å². The summed E-state index contributed by atoms with van der Waals surface area (Å²) in [5.41, 5.74) is -0.794. The lowest BCUT2D eigenvalue weighted by Gasteiger charge is -2.09. The average molecular weight is 283 g/mol. The number of nitrogens with zero attached hydrogens (tertiary/aromatic N) is 1. The van der Waals surface area contributed by atoms with Crippen molar-refractivity contribution in [1.29, 1.82) is 5.26 Å². The molecule has 0 fully saturated rings. The van der Waals surface area contributed by atoms with Crippen LogP contribution in [-0.2, 0) is 11.9 Å². The van der Waals surface area contributed by atoms with Crippen LogP contribution in [0.25, 0.3) is 0 Å². The Kier molecular flexibility index (Phi) is 3.86. The Labute approximate surface area is 111 Å². The highest BCUT2D eigenvalue weighted by molar-refractivity contribution is 7.98. The average Bonchev–Trinajstić information content (AvgIpc) is 2.88. The topological polar surface area (TPSA) is 36.9 Å². The van der Waals surface area contributed by atoms with Crippen LogP contribution in [0.15, 0.2) is 45.9 Å². The molecule has 1 heterocycles. The Morgan fingerprint density at radius 1 is 1.26 bits per heavy atom. The molecule has 0 saturated heterocycles. The molecule has 0 N–H and O–H groups in total. The van der Waals surface area contributed by atoms with E-state index in [1.54, 1.807) is 18.2 Å². The lowest BCUT2D eigenvalue weighted by atomic mass is 10.1. The number of alkyl halides is 3. The zero-order chi connectivity index (χ0) is 13.9. The van der Waals surface area contributed by atoms with Crippen molar-refractivity contribution in [3.8, 4) is 6.07 Å². The van der Waals surface area contributed by atoms with Gasteiger partial charge in [-0.3, -0.25) is 0 Å². The zero-order valence-corrected chi connectivity index (χ0v) is 10.4. The summed E-state index contributed by atoms with van der Waals surface area (Å²) in [7, 11) is 0. The van der Waals surface area contributed by atoms with E-state index in [2.05, 4.69) is 0 Å². The highest BCUT2D eigenvalue weighted by atomic mass is 32.2. The summed E-state index contributed by atoms with van der Waals surface area (Å²) in [6.45, 7) is 0. The minimum atomic E-state index is -4.43. The van der Waals surface area contributed by atoms with Gasteiger partial charge in [0.25, 0.3) is 0 Å². The number of thioether (sulfide) groups is 1. The second-order valence-corrected chi connectivity index (χ2v) is 4.71. The predicted octanol–water partition coefficient (Wildman–Crippen LogP) is 4.46. The van der Waals surface area contributed by atoms with Gasteiger partial charge in [0, 0.05) is 4.90 Å². The van der Waals surface area contributed by atoms with Crippen LogP contribution in [0, 0.1) is 11.3 Å². The molecule has 0 aliphatic carbocycles. The molecular weight excluding hydrogens is 275 g/mol. The molecule has 1 aromatic heterocycles. The number of hydrogen-bond donors (Lipinski definition) is 0. The highest BCUT2D eigenvalue weighted by Crippen LogP contribution is 2.33. The first-order chi connectivity index (χ1) is 9.00. The van der Waals surface area contributed by atoms with Gasteiger partial charge in [-0.25, -0.2) is 0 Å². The Morgan fingerprint density at radius 2 is 2.05 bits per heavy atom. The molecule has 0 spiro atoms. The molecule has 2 aromatic rings. The summed E-state index contributed by atoms with van der Waals surface area (Å²) in [6, 6.07) is 8.44. The second kappa shape index (κ2) is 5.41. The first-order valence-corrected chi connectivity index (χ1v) is 6.26. The Balaban J connectivity index is 2.20. The minimum Gasteiger partial charge on any atom is -0.468 e. The van der Waals surface area contributed by atoms with Crippen LogP contribution in [-0.4, -0.2) is 0 Å². The summed E-state index contributed by atoms with van der Waals surface area (Å²) in [5.74, 6) is 1.17. The summed E-state index contributed by atoms with van der Waals surface area (Å²) < 4.78 is 42.7. The molecular formula is C13H8F3NOS. The molecule has 0 saturated carbocycles. The van der Waals surface area contributed by atoms with E-state index in [9.17, 15) is 13.2 Å². The molecule has 1 aromatic carbocycles. The highest BCUT2D eigenvalue weighted by Gasteiger charge is 2.31. The smallest absolute Gasteiger partial charge is 0.416 e. The second-order valence-electron chi connectivity index (χ2n) is 3.69. The molecule has 0 atom stereocenters. The van der Waals surface area contributed by atoms with Crippen LogP contribution in [0.1, 0.15) is 16.9 Å². The van der Waals surface area contributed by atoms with Crippen molar-refractivity contribution < 1.29 is 17.6 Å². The predicted molar refractivity (Wildman–Crippen MR) is 64.4 cm³/mol. The number of nitriles is 1. The molecule has 6 heteroatoms. The van der Waals surface area contributed by atoms with Crippen LogP contribution in [0.2, 0.25) is 0 Å². The van der Waals surface area contributed by atoms with Crippen molar-refractivity contribution in [1.82, 2.24) is 0 Å². The van der Waals surface area contributed by atoms with E-state index >= 15 is 0 Å². The standard InChI is InChI=1S/C13H8F3NOS/c14-13(15,16)10-3-4-12(9(6-10)7-17)19-8-11-2-1-5-18-11/h1-6H,8H2. The fraction of sp³-hybridized carbons (Fsp3) is 0.154. The van der Waals surface area contributed by atoms with Gasteiger partial charge in [0.05, 0.1) is 23.1 Å². The van der Waals surface area contributed by atoms with Crippen LogP contribution in [0.5, 0.6) is 0 Å². The van der Waals surface area contributed by atoms with Gasteiger partial charge in [-0.05, 0) is 30.3 Å². The van der Waals surface area contributed by atoms with Gasteiger partial charge in [-0.15, -0.1) is 11.8 Å². The molecule has 19 heavy (non-hydrogen) atoms. The fourth-order valence-corrected chi connectivity index (χ4v) is 2.35. The van der Waals surface area contributed by atoms with Gasteiger partial charge in [0.2, 0.25) is 0 Å². The summed E-state index contributed by atoms with van der Waals surface area (Å²) in [6.07, 6.45) is -2.91. The van der Waals surface area contributed by atoms with Crippen molar-refractivity contribution in [2.75, 3.05) is 0 Å². The molecule has 2 nitrogen and oxygen atoms in total. The third-order valence-electron chi connectivity index (χ3n) is 2.38. The number of furan rings is 1. The monoisotopic (exact) mass is 283 g/mol. The van der Waals surface area contributed by atoms with Crippen LogP contribution in [0.3, 0.4) is 0 Å². The molecule has 0 radical (unpaired) electrons. The van der Waals surface area contributed by atoms with Crippen LogP contribution >= 0.6 is 11.8 Å². The Hall–Kier alpha value is -1.87. The van der Waals surface area contributed by atoms with E-state index in [1.807, 2.05) is 0 Å². The van der Waals surface area contributed by atoms with E-state index in [0.717, 1.165) is 12.1 Å². The molecule has 0 bridgehead atoms. The van der Waals surface area contributed by atoms with E-state index in [4.69, 9.17) is 9.68 Å². The molecule has 0 aliphatic heterocycles. The molecule has 0 unspecified atom stereocenters. The third-order valence-corrected chi connectivity index (χ3v) is 3.47. The lowest BCUT2D eigenvalue weighted by molar-refractivity contribution is -0.137. The van der Waals surface area contributed by atoms with Gasteiger partial charge in [-0.2, -0.15) is 18.4 Å². The van der Waals surface area contributed by atoms with Crippen molar-refractivity contribution in [2.24, 2.45) is 0 Å². The number of rotatable bonds is 3. The Bertz CT molecular complexity index is 599. The van der Waals surface area contributed by atoms with Crippen molar-refractivity contribution in [2.45, 2.75) is 16.8 Å². The first kappa shape index (κ1) is 13.6. The summed E-state index contributed by atoms with van der Waals surface area (Å²) >= 11 is 1.27. The summed E-state index contributed by atoms with van der Waals surface area (Å²) in [4.78, 5) is 0.506. The molecule has 98 valence electrons. The maximum absolute atomic E-state index is 12.5. The molecule has 0 aliphatic rings. The number of halogens is 3. The first-order valence-electron chi connectivity index (χ1n) is 5.27. The van der Waals surface area contributed by atoms with Gasteiger partial charge in [0.15, 0.2) is 0 Å². The lowest BCUT2D eigenvalue weighted by Crippen LogP contribution is -2.05. The minimum absolute atomic E-state index is 0.0198. The van der Waals surface area contributed by atoms with Gasteiger partial charge in [-0.1, -0.05) is 0 Å². The van der Waals surface area contributed by atoms with Crippen molar-refractivity contribution >= 4 is 11.8 Å². The van der Waals surface area contributed by atoms with Gasteiger partial charge in [0.1, 0.15) is 11.8 Å². The van der Waals surface area contributed by atoms with E-state index in [-0.39, 0.29) is 5.56 Å². The number of benzene rings is 1. The normalized spacial score (nSPS) is 11.3. The number of hydrogen-bond acceptors (Lipinski definition) is 3. The molecule has 0 amide bonds. The van der Waals surface area contributed by atoms with E-state index in [0.29, 0.717) is 16.4 Å². The summed E-state index contributed by atoms with van der Waals surface area (Å²) in [5, 5.41) is 8.91. The van der Waals surface area contributed by atoms with E-state index < -0.39 is 11.7 Å². The quantitative estimate of drug-likeness (QED) is 0.780. The van der Waals surface area contributed by atoms with Gasteiger partial charge >= 0.3 is 6.18 Å². The van der Waals surface area contributed by atoms with Crippen molar-refractivity contribution in [3.05, 3.63) is 53.5 Å². The maximum atomic E-state index is 12.5. The maximum Gasteiger partial charge on any atom is 0.416 e. The third kappa shape index (κ3) is 3.32. The molecule has 2 rings (SSSR count). The van der Waals surface area contributed by atoms with Gasteiger partial charge < -0.3 is 4.42 Å². The zero-order valence-electron chi connectivity index (χ0n) is 9.57. The van der Waals surface area contributed by atoms with Crippen LogP contribution in [0.4, 0.5) is 13.2 Å². The fourth-order valence-electron chi connectivity index (χ4n) is 1.46. The SMILES string of the molecule is N#Cc1cc(C(F)(F)F)ccc1SCc1ccco1. The largest absolute Gasteiger partial charge is 0.468 e.